The monoisotopic (exact) mass is 353 g/mol. The molecule has 0 amide bonds. The van der Waals surface area contributed by atoms with Crippen LogP contribution in [0, 0.1) is 12.4 Å². The van der Waals surface area contributed by atoms with Gasteiger partial charge in [0.2, 0.25) is 0 Å². The zero-order valence-corrected chi connectivity index (χ0v) is 14.0. The summed E-state index contributed by atoms with van der Waals surface area (Å²) in [7, 11) is -3.39. The van der Waals surface area contributed by atoms with Crippen molar-refractivity contribution in [2.75, 3.05) is 6.26 Å². The number of carbonyl (C=O) groups is 1. The van der Waals surface area contributed by atoms with Crippen LogP contribution in [-0.4, -0.2) is 20.5 Å². The molecule has 0 saturated carbocycles. The third-order valence-corrected chi connectivity index (χ3v) is 4.96. The van der Waals surface area contributed by atoms with Crippen molar-refractivity contribution in [2.45, 2.75) is 4.90 Å². The lowest BCUT2D eigenvalue weighted by Gasteiger charge is -2.10. The standard InChI is InChI=1S/C19H12FNO3S/c1-21-17-10-5-13-11-15(25(2,23)24)8-9-16(13)18(17)19(22)12-3-6-14(20)7-4-12/h3-11H,2H3. The molecule has 0 aliphatic heterocycles. The van der Waals surface area contributed by atoms with Gasteiger partial charge < -0.3 is 0 Å². The number of hydrogen-bond acceptors (Lipinski definition) is 3. The molecular formula is C19H12FNO3S. The average molecular weight is 353 g/mol. The van der Waals surface area contributed by atoms with Gasteiger partial charge in [0, 0.05) is 17.4 Å². The van der Waals surface area contributed by atoms with Gasteiger partial charge in [-0.15, -0.1) is 0 Å². The maximum atomic E-state index is 13.1. The highest BCUT2D eigenvalue weighted by Crippen LogP contribution is 2.32. The van der Waals surface area contributed by atoms with Crippen LogP contribution >= 0.6 is 0 Å². The zero-order chi connectivity index (χ0) is 18.2. The summed E-state index contributed by atoms with van der Waals surface area (Å²) in [4.78, 5) is 16.4. The molecule has 6 heteroatoms. The van der Waals surface area contributed by atoms with E-state index in [1.54, 1.807) is 6.07 Å². The molecule has 0 aliphatic carbocycles. The summed E-state index contributed by atoms with van der Waals surface area (Å²) in [5.74, 6) is -0.874. The second kappa shape index (κ2) is 6.11. The van der Waals surface area contributed by atoms with Gasteiger partial charge in [0.25, 0.3) is 0 Å². The van der Waals surface area contributed by atoms with Crippen LogP contribution in [0.5, 0.6) is 0 Å². The van der Waals surface area contributed by atoms with Crippen LogP contribution in [0.15, 0.2) is 59.5 Å². The Kier molecular flexibility index (Phi) is 4.11. The van der Waals surface area contributed by atoms with E-state index in [4.69, 9.17) is 6.57 Å². The SMILES string of the molecule is [C-]#[N+]c1ccc2cc(S(C)(=O)=O)ccc2c1C(=O)c1ccc(F)cc1. The average Bonchev–Trinajstić information content (AvgIpc) is 2.59. The minimum absolute atomic E-state index is 0.135. The number of nitrogens with zero attached hydrogens (tertiary/aromatic N) is 1. The maximum absolute atomic E-state index is 13.1. The van der Waals surface area contributed by atoms with Crippen LogP contribution in [0.3, 0.4) is 0 Å². The van der Waals surface area contributed by atoms with E-state index in [1.165, 1.54) is 48.5 Å². The molecule has 3 aromatic carbocycles. The number of carbonyl (C=O) groups excluding carboxylic acids is 1. The van der Waals surface area contributed by atoms with Gasteiger partial charge in [0.05, 0.1) is 11.5 Å². The van der Waals surface area contributed by atoms with E-state index in [2.05, 4.69) is 4.85 Å². The summed E-state index contributed by atoms with van der Waals surface area (Å²) in [5.41, 5.74) is 0.596. The first kappa shape index (κ1) is 16.8. The van der Waals surface area contributed by atoms with E-state index in [0.717, 1.165) is 6.26 Å². The Labute approximate surface area is 144 Å². The fourth-order valence-electron chi connectivity index (χ4n) is 2.60. The fourth-order valence-corrected chi connectivity index (χ4v) is 3.26. The predicted octanol–water partition coefficient (Wildman–Crippen LogP) is 4.16. The summed E-state index contributed by atoms with van der Waals surface area (Å²) < 4.78 is 36.5. The number of benzene rings is 3. The van der Waals surface area contributed by atoms with E-state index >= 15 is 0 Å². The van der Waals surface area contributed by atoms with Crippen LogP contribution in [-0.2, 0) is 9.84 Å². The topological polar surface area (TPSA) is 55.6 Å². The highest BCUT2D eigenvalue weighted by atomic mass is 32.2. The molecule has 0 spiro atoms. The van der Waals surface area contributed by atoms with Gasteiger partial charge in [-0.25, -0.2) is 17.7 Å². The highest BCUT2D eigenvalue weighted by Gasteiger charge is 2.18. The molecule has 25 heavy (non-hydrogen) atoms. The van der Waals surface area contributed by atoms with E-state index in [0.29, 0.717) is 10.8 Å². The summed E-state index contributed by atoms with van der Waals surface area (Å²) in [6, 6.07) is 12.6. The molecule has 0 aliphatic rings. The molecule has 0 saturated heterocycles. The van der Waals surface area contributed by atoms with Gasteiger partial charge >= 0.3 is 0 Å². The Morgan fingerprint density at radius 1 is 1.04 bits per heavy atom. The van der Waals surface area contributed by atoms with Crippen molar-refractivity contribution < 1.29 is 17.6 Å². The number of fused-ring (bicyclic) bond motifs is 1. The van der Waals surface area contributed by atoms with Crippen molar-refractivity contribution in [1.29, 1.82) is 0 Å². The molecule has 0 N–H and O–H groups in total. The summed E-state index contributed by atoms with van der Waals surface area (Å²) in [5, 5.41) is 1.02. The summed E-state index contributed by atoms with van der Waals surface area (Å²) >= 11 is 0. The molecule has 0 aromatic heterocycles. The molecule has 4 nitrogen and oxygen atoms in total. The zero-order valence-electron chi connectivity index (χ0n) is 13.2. The minimum Gasteiger partial charge on any atom is -0.290 e. The molecule has 0 heterocycles. The predicted molar refractivity (Wildman–Crippen MR) is 93.2 cm³/mol. The smallest absolute Gasteiger partial charge is 0.198 e. The van der Waals surface area contributed by atoms with Crippen LogP contribution in [0.4, 0.5) is 10.1 Å². The quantitative estimate of drug-likeness (QED) is 0.525. The van der Waals surface area contributed by atoms with Crippen molar-refractivity contribution >= 4 is 32.1 Å². The molecule has 3 aromatic rings. The van der Waals surface area contributed by atoms with Crippen molar-refractivity contribution in [2.24, 2.45) is 0 Å². The lowest BCUT2D eigenvalue weighted by molar-refractivity contribution is 0.104. The molecule has 3 rings (SSSR count). The molecule has 0 bridgehead atoms. The van der Waals surface area contributed by atoms with Crippen molar-refractivity contribution in [3.05, 3.63) is 83.0 Å². The molecule has 0 fully saturated rings. The number of rotatable bonds is 3. The number of ketones is 1. The van der Waals surface area contributed by atoms with Crippen LogP contribution < -0.4 is 0 Å². The molecule has 0 radical (unpaired) electrons. The maximum Gasteiger partial charge on any atom is 0.198 e. The van der Waals surface area contributed by atoms with Gasteiger partial charge in [-0.2, -0.15) is 0 Å². The molecule has 0 atom stereocenters. The van der Waals surface area contributed by atoms with Gasteiger partial charge in [0.15, 0.2) is 21.3 Å². The Balaban J connectivity index is 2.27. The first-order chi connectivity index (χ1) is 11.8. The van der Waals surface area contributed by atoms with Crippen molar-refractivity contribution in [3.8, 4) is 0 Å². The van der Waals surface area contributed by atoms with Crippen LogP contribution in [0.25, 0.3) is 15.6 Å². The molecule has 0 unspecified atom stereocenters. The van der Waals surface area contributed by atoms with Crippen molar-refractivity contribution in [1.82, 2.24) is 0 Å². The normalized spacial score (nSPS) is 11.2. The minimum atomic E-state index is -3.39. The van der Waals surface area contributed by atoms with Crippen LogP contribution in [0.2, 0.25) is 0 Å². The van der Waals surface area contributed by atoms with Gasteiger partial charge in [0.1, 0.15) is 5.82 Å². The van der Waals surface area contributed by atoms with Gasteiger partial charge in [-0.1, -0.05) is 18.2 Å². The third kappa shape index (κ3) is 3.14. The Bertz CT molecular complexity index is 1140. The summed E-state index contributed by atoms with van der Waals surface area (Å²) in [6.07, 6.45) is 1.10. The first-order valence-corrected chi connectivity index (χ1v) is 9.15. The van der Waals surface area contributed by atoms with E-state index in [-0.39, 0.29) is 21.7 Å². The fraction of sp³-hybridized carbons (Fsp3) is 0.0526. The molecule has 124 valence electrons. The van der Waals surface area contributed by atoms with E-state index in [1.807, 2.05) is 0 Å². The second-order valence-corrected chi connectivity index (χ2v) is 7.58. The number of hydrogen-bond donors (Lipinski definition) is 0. The lowest BCUT2D eigenvalue weighted by atomic mass is 9.95. The Hall–Kier alpha value is -3.04. The lowest BCUT2D eigenvalue weighted by Crippen LogP contribution is -2.03. The van der Waals surface area contributed by atoms with Gasteiger partial charge in [-0.3, -0.25) is 4.79 Å². The summed E-state index contributed by atoms with van der Waals surface area (Å²) in [6.45, 7) is 7.31. The Morgan fingerprint density at radius 3 is 2.32 bits per heavy atom. The van der Waals surface area contributed by atoms with Crippen LogP contribution in [0.1, 0.15) is 15.9 Å². The molecular weight excluding hydrogens is 341 g/mol. The first-order valence-electron chi connectivity index (χ1n) is 7.26. The number of sulfone groups is 1. The number of halogens is 1. The van der Waals surface area contributed by atoms with E-state index < -0.39 is 21.4 Å². The van der Waals surface area contributed by atoms with E-state index in [9.17, 15) is 17.6 Å². The van der Waals surface area contributed by atoms with Crippen molar-refractivity contribution in [3.63, 3.8) is 0 Å². The highest BCUT2D eigenvalue weighted by molar-refractivity contribution is 7.90. The third-order valence-electron chi connectivity index (χ3n) is 3.85. The Morgan fingerprint density at radius 2 is 1.72 bits per heavy atom. The second-order valence-electron chi connectivity index (χ2n) is 5.56. The largest absolute Gasteiger partial charge is 0.290 e. The van der Waals surface area contributed by atoms with Gasteiger partial charge in [-0.05, 0) is 47.2 Å².